The highest BCUT2D eigenvalue weighted by atomic mass is 16.5. The largest absolute Gasteiger partial charge is 0.493 e. The van der Waals surface area contributed by atoms with Crippen LogP contribution >= 0.6 is 0 Å². The van der Waals surface area contributed by atoms with Gasteiger partial charge in [-0.25, -0.2) is 0 Å². The molecule has 0 aromatic heterocycles. The van der Waals surface area contributed by atoms with Gasteiger partial charge in [0.2, 0.25) is 0 Å². The van der Waals surface area contributed by atoms with E-state index in [1.54, 1.807) is 0 Å². The van der Waals surface area contributed by atoms with E-state index in [4.69, 9.17) is 4.74 Å². The minimum atomic E-state index is 0.865. The van der Waals surface area contributed by atoms with Crippen LogP contribution in [0.4, 0.5) is 5.69 Å². The maximum Gasteiger partial charge on any atom is 0.124 e. The molecule has 0 saturated heterocycles. The first-order chi connectivity index (χ1) is 9.92. The van der Waals surface area contributed by atoms with Gasteiger partial charge in [0, 0.05) is 17.8 Å². The van der Waals surface area contributed by atoms with Crippen molar-refractivity contribution in [3.8, 4) is 5.75 Å². The highest BCUT2D eigenvalue weighted by molar-refractivity contribution is 5.58. The van der Waals surface area contributed by atoms with Crippen LogP contribution in [0.2, 0.25) is 0 Å². The van der Waals surface area contributed by atoms with Gasteiger partial charge in [-0.05, 0) is 31.4 Å². The normalized spacial score (nSPS) is 13.7. The zero-order valence-electron chi connectivity index (χ0n) is 12.9. The Morgan fingerprint density at radius 3 is 2.70 bits per heavy atom. The van der Waals surface area contributed by atoms with Crippen LogP contribution in [0.3, 0.4) is 0 Å². The maximum absolute atomic E-state index is 5.99. The average Bonchev–Trinajstić information content (AvgIpc) is 2.50. The summed E-state index contributed by atoms with van der Waals surface area (Å²) in [6, 6.07) is 6.37. The first kappa shape index (κ1) is 15.2. The molecule has 1 aromatic rings. The first-order valence-corrected chi connectivity index (χ1v) is 8.40. The Morgan fingerprint density at radius 1 is 1.05 bits per heavy atom. The van der Waals surface area contributed by atoms with E-state index in [9.17, 15) is 0 Å². The van der Waals surface area contributed by atoms with Gasteiger partial charge in [-0.3, -0.25) is 0 Å². The predicted octanol–water partition coefficient (Wildman–Crippen LogP) is 5.17. The number of fused-ring (bicyclic) bond motifs is 1. The van der Waals surface area contributed by atoms with Crippen LogP contribution in [-0.4, -0.2) is 13.2 Å². The van der Waals surface area contributed by atoms with Gasteiger partial charge < -0.3 is 10.1 Å². The SMILES string of the molecule is CCCCCCCCCOc1cccc2c1CCCN2. The lowest BCUT2D eigenvalue weighted by Crippen LogP contribution is -2.13. The molecule has 0 spiro atoms. The van der Waals surface area contributed by atoms with Crippen LogP contribution in [0.5, 0.6) is 5.75 Å². The van der Waals surface area contributed by atoms with Crippen molar-refractivity contribution in [1.29, 1.82) is 0 Å². The summed E-state index contributed by atoms with van der Waals surface area (Å²) in [6.45, 7) is 4.22. The molecular formula is C18H29NO. The number of hydrogen-bond donors (Lipinski definition) is 1. The number of benzene rings is 1. The highest BCUT2D eigenvalue weighted by Crippen LogP contribution is 2.30. The monoisotopic (exact) mass is 275 g/mol. The van der Waals surface area contributed by atoms with Crippen molar-refractivity contribution in [1.82, 2.24) is 0 Å². The molecule has 20 heavy (non-hydrogen) atoms. The lowest BCUT2D eigenvalue weighted by atomic mass is 10.0. The minimum Gasteiger partial charge on any atom is -0.493 e. The molecule has 1 aliphatic heterocycles. The summed E-state index contributed by atoms with van der Waals surface area (Å²) >= 11 is 0. The molecule has 0 saturated carbocycles. The molecule has 0 amide bonds. The molecule has 2 rings (SSSR count). The second-order valence-corrected chi connectivity index (χ2v) is 5.78. The van der Waals surface area contributed by atoms with Gasteiger partial charge in [0.05, 0.1) is 6.61 Å². The fourth-order valence-electron chi connectivity index (χ4n) is 2.85. The Hall–Kier alpha value is -1.18. The third-order valence-electron chi connectivity index (χ3n) is 4.06. The van der Waals surface area contributed by atoms with Gasteiger partial charge in [0.15, 0.2) is 0 Å². The van der Waals surface area contributed by atoms with Crippen LogP contribution in [0.25, 0.3) is 0 Å². The van der Waals surface area contributed by atoms with Gasteiger partial charge in [-0.15, -0.1) is 0 Å². The van der Waals surface area contributed by atoms with E-state index in [1.165, 1.54) is 62.6 Å². The molecule has 1 aliphatic rings. The molecule has 1 aromatic carbocycles. The van der Waals surface area contributed by atoms with Crippen molar-refractivity contribution in [3.05, 3.63) is 23.8 Å². The Balaban J connectivity index is 1.64. The average molecular weight is 275 g/mol. The fraction of sp³-hybridized carbons (Fsp3) is 0.667. The molecule has 0 bridgehead atoms. The molecule has 2 nitrogen and oxygen atoms in total. The number of rotatable bonds is 9. The molecule has 1 heterocycles. The summed E-state index contributed by atoms with van der Waals surface area (Å²) < 4.78 is 5.99. The van der Waals surface area contributed by atoms with Crippen molar-refractivity contribution in [2.45, 2.75) is 64.7 Å². The lowest BCUT2D eigenvalue weighted by Gasteiger charge is -2.21. The van der Waals surface area contributed by atoms with E-state index in [0.29, 0.717) is 0 Å². The van der Waals surface area contributed by atoms with Gasteiger partial charge in [0.25, 0.3) is 0 Å². The van der Waals surface area contributed by atoms with E-state index in [2.05, 4.69) is 30.4 Å². The van der Waals surface area contributed by atoms with E-state index in [1.807, 2.05) is 0 Å². The summed E-state index contributed by atoms with van der Waals surface area (Å²) in [6.07, 6.45) is 11.7. The first-order valence-electron chi connectivity index (χ1n) is 8.40. The van der Waals surface area contributed by atoms with Crippen molar-refractivity contribution < 1.29 is 4.74 Å². The van der Waals surface area contributed by atoms with Crippen molar-refractivity contribution in [3.63, 3.8) is 0 Å². The molecule has 1 N–H and O–H groups in total. The lowest BCUT2D eigenvalue weighted by molar-refractivity contribution is 0.301. The molecule has 0 radical (unpaired) electrons. The number of hydrogen-bond acceptors (Lipinski definition) is 2. The van der Waals surface area contributed by atoms with Crippen LogP contribution in [0, 0.1) is 0 Å². The molecule has 2 heteroatoms. The number of unbranched alkanes of at least 4 members (excludes halogenated alkanes) is 6. The summed E-state index contributed by atoms with van der Waals surface area (Å²) in [5.41, 5.74) is 2.65. The van der Waals surface area contributed by atoms with Crippen LogP contribution < -0.4 is 10.1 Å². The van der Waals surface area contributed by atoms with Crippen LogP contribution in [0.1, 0.15) is 63.9 Å². The second-order valence-electron chi connectivity index (χ2n) is 5.78. The molecule has 0 fully saturated rings. The van der Waals surface area contributed by atoms with E-state index >= 15 is 0 Å². The molecule has 0 unspecified atom stereocenters. The van der Waals surface area contributed by atoms with E-state index in [-0.39, 0.29) is 0 Å². The quantitative estimate of drug-likeness (QED) is 0.627. The van der Waals surface area contributed by atoms with Gasteiger partial charge in [-0.2, -0.15) is 0 Å². The van der Waals surface area contributed by atoms with Gasteiger partial charge in [-0.1, -0.05) is 51.5 Å². The van der Waals surface area contributed by atoms with Crippen molar-refractivity contribution in [2.24, 2.45) is 0 Å². The van der Waals surface area contributed by atoms with Crippen LogP contribution in [-0.2, 0) is 6.42 Å². The smallest absolute Gasteiger partial charge is 0.124 e. The molecule has 0 aliphatic carbocycles. The van der Waals surface area contributed by atoms with Crippen LogP contribution in [0.15, 0.2) is 18.2 Å². The third kappa shape index (κ3) is 4.73. The Labute approximate surface area is 123 Å². The number of anilines is 1. The molecular weight excluding hydrogens is 246 g/mol. The summed E-state index contributed by atoms with van der Waals surface area (Å²) in [5, 5.41) is 3.45. The predicted molar refractivity (Wildman–Crippen MR) is 86.7 cm³/mol. The minimum absolute atomic E-state index is 0.865. The van der Waals surface area contributed by atoms with Gasteiger partial charge >= 0.3 is 0 Å². The summed E-state index contributed by atoms with van der Waals surface area (Å²) in [5.74, 6) is 1.10. The topological polar surface area (TPSA) is 21.3 Å². The second kappa shape index (κ2) is 8.89. The number of nitrogens with one attached hydrogen (secondary N) is 1. The molecule has 0 atom stereocenters. The Bertz CT molecular complexity index is 389. The fourth-order valence-corrected chi connectivity index (χ4v) is 2.85. The standard InChI is InChI=1S/C18H29NO/c1-2-3-4-5-6-7-8-15-20-18-13-9-12-17-16(18)11-10-14-19-17/h9,12-13,19H,2-8,10-11,14-15H2,1H3. The Kier molecular flexibility index (Phi) is 6.76. The van der Waals surface area contributed by atoms with Crippen molar-refractivity contribution in [2.75, 3.05) is 18.5 Å². The zero-order chi connectivity index (χ0) is 14.0. The maximum atomic E-state index is 5.99. The summed E-state index contributed by atoms with van der Waals surface area (Å²) in [4.78, 5) is 0. The third-order valence-corrected chi connectivity index (χ3v) is 4.06. The Morgan fingerprint density at radius 2 is 1.85 bits per heavy atom. The van der Waals surface area contributed by atoms with Gasteiger partial charge in [0.1, 0.15) is 5.75 Å². The number of ether oxygens (including phenoxy) is 1. The zero-order valence-corrected chi connectivity index (χ0v) is 12.9. The highest BCUT2D eigenvalue weighted by Gasteiger charge is 2.12. The van der Waals surface area contributed by atoms with E-state index in [0.717, 1.165) is 25.3 Å². The van der Waals surface area contributed by atoms with E-state index < -0.39 is 0 Å². The molecule has 112 valence electrons. The summed E-state index contributed by atoms with van der Waals surface area (Å²) in [7, 11) is 0. The van der Waals surface area contributed by atoms with Crippen molar-refractivity contribution >= 4 is 5.69 Å².